The summed E-state index contributed by atoms with van der Waals surface area (Å²) in [5, 5.41) is 10.2. The molecule has 2 heterocycles. The van der Waals surface area contributed by atoms with Crippen LogP contribution in [0.15, 0.2) is 40.9 Å². The number of sulfonamides is 1. The summed E-state index contributed by atoms with van der Waals surface area (Å²) in [4.78, 5) is 1.10. The number of aryl methyl sites for hydroxylation is 1. The van der Waals surface area contributed by atoms with Gasteiger partial charge in [0, 0.05) is 28.2 Å². The molecule has 1 aromatic heterocycles. The third kappa shape index (κ3) is 3.15. The second kappa shape index (κ2) is 5.73. The minimum absolute atomic E-state index is 0.269. The zero-order chi connectivity index (χ0) is 13.9. The molecule has 6 heteroatoms. The smallest absolute Gasteiger partial charge is 0.239 e. The first-order valence-corrected chi connectivity index (χ1v) is 8.39. The molecule has 0 fully saturated rings. The van der Waals surface area contributed by atoms with Gasteiger partial charge in [0.1, 0.15) is 4.90 Å². The van der Waals surface area contributed by atoms with Crippen molar-refractivity contribution in [1.82, 2.24) is 5.32 Å². The van der Waals surface area contributed by atoms with Crippen LogP contribution >= 0.6 is 11.3 Å². The first-order valence-electron chi connectivity index (χ1n) is 5.97. The van der Waals surface area contributed by atoms with Gasteiger partial charge >= 0.3 is 0 Å². The Morgan fingerprint density at radius 3 is 2.84 bits per heavy atom. The number of nitrogens with two attached hydrogens (primary N) is 1. The van der Waals surface area contributed by atoms with Gasteiger partial charge in [-0.15, -0.1) is 11.3 Å². The highest BCUT2D eigenvalue weighted by Crippen LogP contribution is 2.33. The lowest BCUT2D eigenvalue weighted by Gasteiger charge is -2.05. The Morgan fingerprint density at radius 2 is 2.16 bits per heavy atom. The molecule has 0 spiro atoms. The van der Waals surface area contributed by atoms with E-state index in [1.807, 2.05) is 30.5 Å². The lowest BCUT2D eigenvalue weighted by atomic mass is 10.1. The standard InChI is InChI=1S/C13H16N2O2S2/c1-2-4-12-13(19(14,16)17)11(9-18-12)10-5-3-7-15-8-6-10/h3,5-9,15H,2,4H2,1H3,(H2,14,16,17). The fraction of sp³-hybridized carbons (Fsp3) is 0.231. The molecule has 102 valence electrons. The molecule has 3 N–H and O–H groups in total. The Balaban J connectivity index is 2.58. The van der Waals surface area contributed by atoms with Crippen molar-refractivity contribution < 1.29 is 8.42 Å². The molecule has 1 aromatic rings. The average molecular weight is 296 g/mol. The van der Waals surface area contributed by atoms with Crippen LogP contribution < -0.4 is 10.5 Å². The average Bonchev–Trinajstić information content (AvgIpc) is 2.59. The predicted octanol–water partition coefficient (Wildman–Crippen LogP) is 2.36. The Morgan fingerprint density at radius 1 is 1.37 bits per heavy atom. The van der Waals surface area contributed by atoms with E-state index in [2.05, 4.69) is 5.32 Å². The molecule has 4 nitrogen and oxygen atoms in total. The third-order valence-electron chi connectivity index (χ3n) is 2.72. The second-order valence-corrected chi connectivity index (χ2v) is 6.64. The highest BCUT2D eigenvalue weighted by atomic mass is 32.2. The van der Waals surface area contributed by atoms with Crippen LogP contribution in [0.4, 0.5) is 0 Å². The Bertz CT molecular complexity index is 652. The summed E-state index contributed by atoms with van der Waals surface area (Å²) in [6.07, 6.45) is 10.7. The molecule has 0 saturated heterocycles. The minimum Gasteiger partial charge on any atom is -0.368 e. The van der Waals surface area contributed by atoms with Gasteiger partial charge in [0.15, 0.2) is 0 Å². The Hall–Kier alpha value is -1.37. The molecule has 0 radical (unpaired) electrons. The molecular weight excluding hydrogens is 280 g/mol. The van der Waals surface area contributed by atoms with Gasteiger partial charge in [0.05, 0.1) is 0 Å². The third-order valence-corrected chi connectivity index (χ3v) is 4.93. The molecule has 0 bridgehead atoms. The number of thiophene rings is 1. The monoisotopic (exact) mass is 296 g/mol. The molecule has 0 atom stereocenters. The zero-order valence-electron chi connectivity index (χ0n) is 10.6. The first kappa shape index (κ1) is 14.0. The highest BCUT2D eigenvalue weighted by Gasteiger charge is 2.22. The van der Waals surface area contributed by atoms with Gasteiger partial charge in [-0.1, -0.05) is 19.4 Å². The number of allylic oxidation sites excluding steroid dienone is 4. The van der Waals surface area contributed by atoms with Crippen molar-refractivity contribution in [2.75, 3.05) is 0 Å². The van der Waals surface area contributed by atoms with Crippen molar-refractivity contribution in [1.29, 1.82) is 0 Å². The molecule has 0 aliphatic carbocycles. The predicted molar refractivity (Wildman–Crippen MR) is 79.1 cm³/mol. The van der Waals surface area contributed by atoms with Crippen LogP contribution in [0.3, 0.4) is 0 Å². The van der Waals surface area contributed by atoms with Crippen LogP contribution in [-0.2, 0) is 16.4 Å². The van der Waals surface area contributed by atoms with Gasteiger partial charge in [0.25, 0.3) is 0 Å². The van der Waals surface area contributed by atoms with Gasteiger partial charge in [-0.05, 0) is 24.1 Å². The van der Waals surface area contributed by atoms with Gasteiger partial charge in [0.2, 0.25) is 10.0 Å². The van der Waals surface area contributed by atoms with Crippen molar-refractivity contribution >= 4 is 26.9 Å². The summed E-state index contributed by atoms with van der Waals surface area (Å²) >= 11 is 1.45. The van der Waals surface area contributed by atoms with E-state index in [1.54, 1.807) is 12.4 Å². The number of rotatable bonds is 4. The molecule has 0 aromatic carbocycles. The zero-order valence-corrected chi connectivity index (χ0v) is 12.2. The van der Waals surface area contributed by atoms with Crippen LogP contribution in [0.5, 0.6) is 0 Å². The van der Waals surface area contributed by atoms with Crippen molar-refractivity contribution in [3.05, 3.63) is 46.4 Å². The van der Waals surface area contributed by atoms with Crippen molar-refractivity contribution in [3.63, 3.8) is 0 Å². The number of hydrogen-bond donors (Lipinski definition) is 2. The fourth-order valence-corrected chi connectivity index (χ4v) is 4.46. The van der Waals surface area contributed by atoms with E-state index >= 15 is 0 Å². The summed E-state index contributed by atoms with van der Waals surface area (Å²) in [5.74, 6) is 0. The second-order valence-electron chi connectivity index (χ2n) is 4.18. The van der Waals surface area contributed by atoms with Gasteiger partial charge in [-0.2, -0.15) is 0 Å². The van der Waals surface area contributed by atoms with Crippen LogP contribution in [0.1, 0.15) is 23.8 Å². The molecule has 0 amide bonds. The summed E-state index contributed by atoms with van der Waals surface area (Å²) in [6.45, 7) is 2.02. The van der Waals surface area contributed by atoms with E-state index in [4.69, 9.17) is 5.14 Å². The van der Waals surface area contributed by atoms with Gasteiger partial charge in [-0.3, -0.25) is 0 Å². The largest absolute Gasteiger partial charge is 0.368 e. The van der Waals surface area contributed by atoms with E-state index in [1.165, 1.54) is 11.3 Å². The summed E-state index contributed by atoms with van der Waals surface area (Å²) < 4.78 is 23.7. The maximum atomic E-state index is 11.8. The van der Waals surface area contributed by atoms with Crippen LogP contribution in [0.25, 0.3) is 5.57 Å². The van der Waals surface area contributed by atoms with E-state index in [-0.39, 0.29) is 4.90 Å². The molecule has 2 rings (SSSR count). The Labute approximate surface area is 117 Å². The maximum Gasteiger partial charge on any atom is 0.239 e. The topological polar surface area (TPSA) is 72.2 Å². The molecular formula is C13H16N2O2S2. The quantitative estimate of drug-likeness (QED) is 0.896. The summed E-state index contributed by atoms with van der Waals surface area (Å²) in [6, 6.07) is 0. The Kier molecular flexibility index (Phi) is 4.24. The SMILES string of the molecule is CCCc1scc(C2=CC=CNC=C2)c1S(N)(=O)=O. The summed E-state index contributed by atoms with van der Waals surface area (Å²) in [5.41, 5.74) is 1.52. The minimum atomic E-state index is -3.71. The number of primary sulfonamides is 1. The van der Waals surface area contributed by atoms with E-state index in [9.17, 15) is 8.42 Å². The van der Waals surface area contributed by atoms with Crippen molar-refractivity contribution in [2.24, 2.45) is 5.14 Å². The van der Waals surface area contributed by atoms with Crippen LogP contribution in [-0.4, -0.2) is 8.42 Å². The number of hydrogen-bond acceptors (Lipinski definition) is 4. The lowest BCUT2D eigenvalue weighted by molar-refractivity contribution is 0.597. The lowest BCUT2D eigenvalue weighted by Crippen LogP contribution is -2.14. The normalized spacial score (nSPS) is 14.9. The summed E-state index contributed by atoms with van der Waals surface area (Å²) in [7, 11) is -3.71. The number of nitrogens with one attached hydrogen (secondary N) is 1. The molecule has 0 saturated carbocycles. The van der Waals surface area contributed by atoms with E-state index < -0.39 is 10.0 Å². The van der Waals surface area contributed by atoms with E-state index in [0.29, 0.717) is 5.56 Å². The maximum absolute atomic E-state index is 11.8. The molecule has 1 aliphatic heterocycles. The van der Waals surface area contributed by atoms with Crippen molar-refractivity contribution in [2.45, 2.75) is 24.7 Å². The van der Waals surface area contributed by atoms with Gasteiger partial charge < -0.3 is 5.32 Å². The van der Waals surface area contributed by atoms with E-state index in [0.717, 1.165) is 23.3 Å². The van der Waals surface area contributed by atoms with Crippen LogP contribution in [0.2, 0.25) is 0 Å². The molecule has 1 aliphatic rings. The molecule has 0 unspecified atom stereocenters. The van der Waals surface area contributed by atoms with Crippen molar-refractivity contribution in [3.8, 4) is 0 Å². The highest BCUT2D eigenvalue weighted by molar-refractivity contribution is 7.89. The first-order chi connectivity index (χ1) is 9.04. The molecule has 19 heavy (non-hydrogen) atoms. The van der Waals surface area contributed by atoms with Crippen LogP contribution in [0, 0.1) is 0 Å². The fourth-order valence-electron chi connectivity index (χ4n) is 1.93. The van der Waals surface area contributed by atoms with Gasteiger partial charge in [-0.25, -0.2) is 13.6 Å².